The lowest BCUT2D eigenvalue weighted by atomic mass is 10.0. The third kappa shape index (κ3) is 4.65. The monoisotopic (exact) mass is 367 g/mol. The lowest BCUT2D eigenvalue weighted by molar-refractivity contribution is -0.137. The van der Waals surface area contributed by atoms with Gasteiger partial charge in [0.1, 0.15) is 5.82 Å². The number of anilines is 1. The van der Waals surface area contributed by atoms with E-state index in [1.165, 1.54) is 0 Å². The van der Waals surface area contributed by atoms with Crippen molar-refractivity contribution in [3.63, 3.8) is 0 Å². The topological polar surface area (TPSA) is 76.4 Å². The van der Waals surface area contributed by atoms with Crippen molar-refractivity contribution >= 4 is 22.7 Å². The molecule has 6 nitrogen and oxygen atoms in total. The number of rotatable bonds is 9. The lowest BCUT2D eigenvalue weighted by Crippen LogP contribution is -2.21. The zero-order valence-electron chi connectivity index (χ0n) is 15.7. The van der Waals surface area contributed by atoms with Crippen LogP contribution in [-0.2, 0) is 16.1 Å². The molecule has 0 bridgehead atoms. The van der Waals surface area contributed by atoms with Crippen molar-refractivity contribution in [1.82, 2.24) is 9.55 Å². The van der Waals surface area contributed by atoms with E-state index in [0.717, 1.165) is 28.1 Å². The molecule has 0 saturated carbocycles. The minimum Gasteiger partial charge on any atom is -0.481 e. The number of carboxylic acid groups (broad SMARTS) is 1. The fourth-order valence-electron chi connectivity index (χ4n) is 3.28. The summed E-state index contributed by atoms with van der Waals surface area (Å²) in [6, 6.07) is 15.9. The van der Waals surface area contributed by atoms with Gasteiger partial charge in [0.15, 0.2) is 0 Å². The Balaban J connectivity index is 1.92. The number of carboxylic acids is 1. The van der Waals surface area contributed by atoms with Crippen LogP contribution in [0.1, 0.15) is 23.7 Å². The van der Waals surface area contributed by atoms with E-state index in [1.807, 2.05) is 55.5 Å². The highest BCUT2D eigenvalue weighted by atomic mass is 16.5. The van der Waals surface area contributed by atoms with Crippen LogP contribution >= 0.6 is 0 Å². The second-order valence-electron chi connectivity index (χ2n) is 6.65. The molecule has 0 aliphatic carbocycles. The highest BCUT2D eigenvalue weighted by molar-refractivity contribution is 5.76. The Morgan fingerprint density at radius 3 is 2.81 bits per heavy atom. The van der Waals surface area contributed by atoms with Crippen molar-refractivity contribution in [3.05, 3.63) is 59.9 Å². The number of aliphatic carboxylic acids is 1. The largest absolute Gasteiger partial charge is 0.481 e. The molecule has 27 heavy (non-hydrogen) atoms. The summed E-state index contributed by atoms with van der Waals surface area (Å²) in [6.45, 7) is 3.70. The molecule has 0 aliphatic heterocycles. The highest BCUT2D eigenvalue weighted by Crippen LogP contribution is 2.25. The first-order chi connectivity index (χ1) is 13.1. The van der Waals surface area contributed by atoms with Gasteiger partial charge in [-0.2, -0.15) is 0 Å². The molecule has 2 aromatic carbocycles. The van der Waals surface area contributed by atoms with Crippen LogP contribution in [0, 0.1) is 6.92 Å². The van der Waals surface area contributed by atoms with Crippen molar-refractivity contribution in [2.75, 3.05) is 25.6 Å². The molecule has 0 amide bonds. The number of fused-ring (bicyclic) bond motifs is 1. The molecule has 1 aromatic heterocycles. The van der Waals surface area contributed by atoms with Crippen molar-refractivity contribution < 1.29 is 14.6 Å². The summed E-state index contributed by atoms with van der Waals surface area (Å²) < 4.78 is 7.32. The van der Waals surface area contributed by atoms with E-state index < -0.39 is 5.97 Å². The number of aromatic nitrogens is 2. The molecule has 6 heteroatoms. The van der Waals surface area contributed by atoms with Crippen LogP contribution in [-0.4, -0.2) is 40.9 Å². The summed E-state index contributed by atoms with van der Waals surface area (Å²) in [5, 5.41) is 12.8. The predicted octanol–water partition coefficient (Wildman–Crippen LogP) is 3.66. The molecule has 142 valence electrons. The molecule has 3 aromatic rings. The van der Waals surface area contributed by atoms with Gasteiger partial charge < -0.3 is 19.7 Å². The zero-order chi connectivity index (χ0) is 19.2. The number of hydrogen-bond donors (Lipinski definition) is 2. The molecular formula is C21H25N3O3. The third-order valence-corrected chi connectivity index (χ3v) is 4.56. The first-order valence-electron chi connectivity index (χ1n) is 9.05. The fraction of sp³-hybridized carbons (Fsp3) is 0.333. The minimum atomic E-state index is -0.837. The van der Waals surface area contributed by atoms with Gasteiger partial charge in [-0.3, -0.25) is 4.79 Å². The van der Waals surface area contributed by atoms with Gasteiger partial charge in [0.05, 0.1) is 24.1 Å². The Morgan fingerprint density at radius 2 is 2.07 bits per heavy atom. The maximum Gasteiger partial charge on any atom is 0.304 e. The van der Waals surface area contributed by atoms with E-state index in [-0.39, 0.29) is 12.3 Å². The summed E-state index contributed by atoms with van der Waals surface area (Å²) in [5.41, 5.74) is 4.00. The predicted molar refractivity (Wildman–Crippen MR) is 106 cm³/mol. The molecule has 1 heterocycles. The van der Waals surface area contributed by atoms with Gasteiger partial charge in [-0.1, -0.05) is 24.3 Å². The molecule has 0 spiro atoms. The van der Waals surface area contributed by atoms with Crippen molar-refractivity contribution in [2.24, 2.45) is 0 Å². The van der Waals surface area contributed by atoms with Crippen molar-refractivity contribution in [2.45, 2.75) is 25.8 Å². The Bertz CT molecular complexity index is 920. The smallest absolute Gasteiger partial charge is 0.304 e. The molecule has 0 aliphatic rings. The summed E-state index contributed by atoms with van der Waals surface area (Å²) in [5.74, 6) is -0.320. The van der Waals surface area contributed by atoms with E-state index in [9.17, 15) is 9.90 Å². The van der Waals surface area contributed by atoms with E-state index in [4.69, 9.17) is 9.72 Å². The standard InChI is InChI=1S/C21H25N3O3/c1-15-6-5-7-17(12-15)22-14-16(13-20(25)26)21-23-18-8-3-4-9-19(18)24(21)10-11-27-2/h3-9,12,16,22H,10-11,13-14H2,1-2H3,(H,25,26)/t16-/m1/s1. The average molecular weight is 367 g/mol. The lowest BCUT2D eigenvalue weighted by Gasteiger charge is -2.18. The van der Waals surface area contributed by atoms with Crippen LogP contribution in [0.5, 0.6) is 0 Å². The molecule has 3 rings (SSSR count). The van der Waals surface area contributed by atoms with E-state index >= 15 is 0 Å². The minimum absolute atomic E-state index is 0.00905. The van der Waals surface area contributed by atoms with Gasteiger partial charge in [0, 0.05) is 31.8 Å². The Kier molecular flexibility index (Phi) is 6.08. The Morgan fingerprint density at radius 1 is 1.26 bits per heavy atom. The van der Waals surface area contributed by atoms with Crippen molar-refractivity contribution in [1.29, 1.82) is 0 Å². The summed E-state index contributed by atoms with van der Waals surface area (Å²) in [7, 11) is 1.66. The van der Waals surface area contributed by atoms with Gasteiger partial charge in [-0.05, 0) is 36.8 Å². The van der Waals surface area contributed by atoms with E-state index in [2.05, 4.69) is 9.88 Å². The highest BCUT2D eigenvalue weighted by Gasteiger charge is 2.23. The van der Waals surface area contributed by atoms with Crippen LogP contribution in [0.25, 0.3) is 11.0 Å². The van der Waals surface area contributed by atoms with Gasteiger partial charge in [0.25, 0.3) is 0 Å². The average Bonchev–Trinajstić information content (AvgIpc) is 3.01. The molecule has 1 atom stereocenters. The maximum absolute atomic E-state index is 11.5. The number of nitrogens with zero attached hydrogens (tertiary/aromatic N) is 2. The molecular weight excluding hydrogens is 342 g/mol. The van der Waals surface area contributed by atoms with Crippen LogP contribution in [0.4, 0.5) is 5.69 Å². The number of hydrogen-bond acceptors (Lipinski definition) is 4. The number of imidazole rings is 1. The molecule has 2 N–H and O–H groups in total. The number of para-hydroxylation sites is 2. The van der Waals surface area contributed by atoms with Gasteiger partial charge in [0.2, 0.25) is 0 Å². The van der Waals surface area contributed by atoms with E-state index in [1.54, 1.807) is 7.11 Å². The van der Waals surface area contributed by atoms with E-state index in [0.29, 0.717) is 19.7 Å². The number of methoxy groups -OCH3 is 1. The quantitative estimate of drug-likeness (QED) is 0.604. The molecule has 0 radical (unpaired) electrons. The van der Waals surface area contributed by atoms with Crippen LogP contribution in [0.15, 0.2) is 48.5 Å². The summed E-state index contributed by atoms with van der Waals surface area (Å²) in [4.78, 5) is 16.3. The zero-order valence-corrected chi connectivity index (χ0v) is 15.7. The second-order valence-corrected chi connectivity index (χ2v) is 6.65. The maximum atomic E-state index is 11.5. The van der Waals surface area contributed by atoms with Gasteiger partial charge >= 0.3 is 5.97 Å². The number of nitrogens with one attached hydrogen (secondary N) is 1. The third-order valence-electron chi connectivity index (χ3n) is 4.56. The van der Waals surface area contributed by atoms with Crippen LogP contribution < -0.4 is 5.32 Å². The summed E-state index contributed by atoms with van der Waals surface area (Å²) in [6.07, 6.45) is 0.00905. The van der Waals surface area contributed by atoms with Crippen LogP contribution in [0.2, 0.25) is 0 Å². The number of carbonyl (C=O) groups is 1. The Hall–Kier alpha value is -2.86. The summed E-state index contributed by atoms with van der Waals surface area (Å²) >= 11 is 0. The molecule has 0 saturated heterocycles. The number of ether oxygens (including phenoxy) is 1. The fourth-order valence-corrected chi connectivity index (χ4v) is 3.28. The number of benzene rings is 2. The second kappa shape index (κ2) is 8.68. The first-order valence-corrected chi connectivity index (χ1v) is 9.05. The molecule has 0 fully saturated rings. The first kappa shape index (κ1) is 18.9. The molecule has 0 unspecified atom stereocenters. The van der Waals surface area contributed by atoms with Gasteiger partial charge in [-0.25, -0.2) is 4.98 Å². The number of aryl methyl sites for hydroxylation is 1. The Labute approximate surface area is 158 Å². The van der Waals surface area contributed by atoms with Crippen LogP contribution in [0.3, 0.4) is 0 Å². The SMILES string of the molecule is COCCn1c([C@@H](CNc2cccc(C)c2)CC(=O)O)nc2ccccc21. The normalized spacial score (nSPS) is 12.2. The van der Waals surface area contributed by atoms with Crippen molar-refractivity contribution in [3.8, 4) is 0 Å². The van der Waals surface area contributed by atoms with Gasteiger partial charge in [-0.15, -0.1) is 0 Å².